The number of terminal acetylenes is 1. The first-order chi connectivity index (χ1) is 27.9. The minimum Gasteiger partial charge on any atom is -0.408 e. The maximum Gasteiger partial charge on any atom is 0.144 e. The molecule has 0 bridgehead atoms. The Kier molecular flexibility index (Phi) is 13.9. The molecule has 1 aliphatic heterocycles. The number of pyridine rings is 2. The fourth-order valence-electron chi connectivity index (χ4n) is 7.56. The number of unbranched alkanes of at least 4 members (excludes halogenated alkanes) is 1. The number of ether oxygens (including phenoxy) is 1. The molecule has 3 aromatic heterocycles. The fourth-order valence-corrected chi connectivity index (χ4v) is 7.56. The number of nitrogens with zero attached hydrogens (tertiary/aromatic N) is 4. The number of fused-ring (bicyclic) bond motifs is 2. The SMILES string of the molecule is C#COc1cc(-c2ccccn2)c(-n2cccc2)cc1C/C=C(\C=C/C)N1C2=C(C=C(C)CC2)C2C=C=C(C(=C)/C=C\CCCc3ccccn3)C=CC21.C=CC. The van der Waals surface area contributed by atoms with E-state index in [1.165, 1.54) is 16.8 Å². The molecule has 4 aromatic rings. The van der Waals surface area contributed by atoms with Gasteiger partial charge < -0.3 is 14.2 Å². The Bertz CT molecular complexity index is 2340. The standard InChI is InChI=1S/C49H46N4O.C3H6/c1-5-16-41(25-22-39-34-48(52-31-14-15-32-52)44(35-49(39)54-6-2)45-20-11-13-30-51-45)53-46-28-24-38(23-26-42(46)43-33-36(3)21-27-47(43)53)37(4)17-8-7-9-18-40-19-10-12-29-50-40;1-3-2/h2,5,8,10-17,19-20,24-26,28-35,42,46H,4,7,9,18,21-22,27H2,1,3H3;3H,1H2,2H3/b16-5-,17-8-,41-25+;. The lowest BCUT2D eigenvalue weighted by Gasteiger charge is -2.31. The van der Waals surface area contributed by atoms with E-state index in [0.29, 0.717) is 12.2 Å². The summed E-state index contributed by atoms with van der Waals surface area (Å²) in [6.07, 6.45) is 43.5. The number of aromatic nitrogens is 3. The third kappa shape index (κ3) is 9.80. The molecule has 0 saturated heterocycles. The maximum absolute atomic E-state index is 5.85. The van der Waals surface area contributed by atoms with Gasteiger partial charge in [-0.15, -0.1) is 12.3 Å². The first kappa shape index (κ1) is 40.1. The molecule has 0 saturated carbocycles. The van der Waals surface area contributed by atoms with Crippen molar-refractivity contribution in [1.29, 1.82) is 0 Å². The maximum atomic E-state index is 5.85. The molecule has 57 heavy (non-hydrogen) atoms. The van der Waals surface area contributed by atoms with Crippen molar-refractivity contribution in [1.82, 2.24) is 19.4 Å². The van der Waals surface area contributed by atoms with Crippen LogP contribution in [0.1, 0.15) is 57.7 Å². The van der Waals surface area contributed by atoms with Gasteiger partial charge in [0, 0.05) is 64.5 Å². The van der Waals surface area contributed by atoms with Crippen molar-refractivity contribution >= 4 is 0 Å². The summed E-state index contributed by atoms with van der Waals surface area (Å²) in [4.78, 5) is 11.6. The lowest BCUT2D eigenvalue weighted by atomic mass is 9.89. The van der Waals surface area contributed by atoms with Crippen molar-refractivity contribution in [3.63, 3.8) is 0 Å². The Morgan fingerprint density at radius 1 is 1.04 bits per heavy atom. The average Bonchev–Trinajstić information content (AvgIpc) is 3.81. The quantitative estimate of drug-likeness (QED) is 0.0449. The Hall–Kier alpha value is -6.60. The summed E-state index contributed by atoms with van der Waals surface area (Å²) in [6.45, 7) is 14.0. The highest BCUT2D eigenvalue weighted by Gasteiger charge is 2.39. The molecule has 4 heterocycles. The van der Waals surface area contributed by atoms with Gasteiger partial charge in [-0.1, -0.05) is 73.2 Å². The van der Waals surface area contributed by atoms with E-state index >= 15 is 0 Å². The largest absolute Gasteiger partial charge is 0.408 e. The highest BCUT2D eigenvalue weighted by atomic mass is 16.5. The van der Waals surface area contributed by atoms with Gasteiger partial charge in [-0.05, 0) is 137 Å². The molecule has 0 amide bonds. The molecule has 2 atom stereocenters. The number of hydrogen-bond donors (Lipinski definition) is 0. The topological polar surface area (TPSA) is 43.2 Å². The Labute approximate surface area is 339 Å². The predicted molar refractivity (Wildman–Crippen MR) is 236 cm³/mol. The van der Waals surface area contributed by atoms with Crippen molar-refractivity contribution in [2.24, 2.45) is 5.92 Å². The van der Waals surface area contributed by atoms with Crippen LogP contribution in [0.5, 0.6) is 5.75 Å². The number of allylic oxidation sites excluding steroid dienone is 11. The molecule has 3 aliphatic rings. The molecule has 0 radical (unpaired) electrons. The van der Waals surface area contributed by atoms with Crippen LogP contribution in [0, 0.1) is 18.4 Å². The molecular formula is C52H52N4O. The van der Waals surface area contributed by atoms with E-state index in [2.05, 4.69) is 125 Å². The molecule has 286 valence electrons. The van der Waals surface area contributed by atoms with Crippen LogP contribution in [-0.4, -0.2) is 25.5 Å². The molecule has 0 fully saturated rings. The average molecular weight is 749 g/mol. The molecule has 0 spiro atoms. The van der Waals surface area contributed by atoms with E-state index in [-0.39, 0.29) is 12.0 Å². The molecule has 5 heteroatoms. The van der Waals surface area contributed by atoms with E-state index in [1.807, 2.05) is 74.0 Å². The normalized spacial score (nSPS) is 17.3. The van der Waals surface area contributed by atoms with Crippen LogP contribution in [-0.2, 0) is 12.8 Å². The minimum atomic E-state index is 0.100. The molecule has 1 aromatic carbocycles. The summed E-state index contributed by atoms with van der Waals surface area (Å²) in [5.74, 6) is 0.821. The summed E-state index contributed by atoms with van der Waals surface area (Å²) in [5.41, 5.74) is 15.9. The second-order valence-corrected chi connectivity index (χ2v) is 14.2. The number of aryl methyl sites for hydroxylation is 1. The number of rotatable bonds is 13. The van der Waals surface area contributed by atoms with Crippen LogP contribution < -0.4 is 4.74 Å². The van der Waals surface area contributed by atoms with E-state index in [4.69, 9.17) is 11.2 Å². The van der Waals surface area contributed by atoms with Crippen LogP contribution in [0.4, 0.5) is 0 Å². The van der Waals surface area contributed by atoms with E-state index in [1.54, 1.807) is 12.3 Å². The molecule has 2 unspecified atom stereocenters. The highest BCUT2D eigenvalue weighted by Crippen LogP contribution is 2.45. The van der Waals surface area contributed by atoms with Crippen molar-refractivity contribution in [2.45, 2.75) is 65.3 Å². The molecule has 2 aliphatic carbocycles. The summed E-state index contributed by atoms with van der Waals surface area (Å²) < 4.78 is 7.97. The summed E-state index contributed by atoms with van der Waals surface area (Å²) in [5, 5.41) is 0. The zero-order valence-electron chi connectivity index (χ0n) is 33.4. The Balaban J connectivity index is 0.00000177. The van der Waals surface area contributed by atoms with Crippen molar-refractivity contribution in [2.75, 3.05) is 0 Å². The van der Waals surface area contributed by atoms with Crippen LogP contribution >= 0.6 is 0 Å². The Morgan fingerprint density at radius 3 is 2.54 bits per heavy atom. The van der Waals surface area contributed by atoms with Crippen LogP contribution in [0.2, 0.25) is 0 Å². The highest BCUT2D eigenvalue weighted by molar-refractivity contribution is 5.73. The van der Waals surface area contributed by atoms with Crippen molar-refractivity contribution < 1.29 is 4.74 Å². The lowest BCUT2D eigenvalue weighted by molar-refractivity contribution is 0.366. The van der Waals surface area contributed by atoms with Crippen LogP contribution in [0.25, 0.3) is 16.9 Å². The van der Waals surface area contributed by atoms with E-state index in [0.717, 1.165) is 77.1 Å². The van der Waals surface area contributed by atoms with Crippen LogP contribution in [0.3, 0.4) is 0 Å². The van der Waals surface area contributed by atoms with E-state index in [9.17, 15) is 0 Å². The second kappa shape index (κ2) is 19.8. The molecule has 7 rings (SSSR count). The monoisotopic (exact) mass is 748 g/mol. The van der Waals surface area contributed by atoms with Gasteiger partial charge >= 0.3 is 0 Å². The van der Waals surface area contributed by atoms with Gasteiger partial charge in [0.15, 0.2) is 0 Å². The zero-order valence-corrected chi connectivity index (χ0v) is 33.4. The second-order valence-electron chi connectivity index (χ2n) is 14.2. The Morgan fingerprint density at radius 2 is 1.82 bits per heavy atom. The van der Waals surface area contributed by atoms with Crippen molar-refractivity contribution in [3.05, 3.63) is 210 Å². The molecular weight excluding hydrogens is 697 g/mol. The van der Waals surface area contributed by atoms with Gasteiger partial charge in [-0.2, -0.15) is 0 Å². The number of hydrogen-bond acceptors (Lipinski definition) is 4. The van der Waals surface area contributed by atoms with E-state index < -0.39 is 0 Å². The first-order valence-corrected chi connectivity index (χ1v) is 19.8. The van der Waals surface area contributed by atoms with Gasteiger partial charge in [-0.25, -0.2) is 0 Å². The fraction of sp³-hybridized carbons (Fsp3) is 0.212. The van der Waals surface area contributed by atoms with Crippen LogP contribution in [0.15, 0.2) is 199 Å². The van der Waals surface area contributed by atoms with Gasteiger partial charge in [0.1, 0.15) is 11.9 Å². The summed E-state index contributed by atoms with van der Waals surface area (Å²) >= 11 is 0. The summed E-state index contributed by atoms with van der Waals surface area (Å²) in [7, 11) is 0. The third-order valence-electron chi connectivity index (χ3n) is 10.2. The van der Waals surface area contributed by atoms with Gasteiger partial charge in [0.05, 0.1) is 17.4 Å². The third-order valence-corrected chi connectivity index (χ3v) is 10.2. The lowest BCUT2D eigenvalue weighted by Crippen LogP contribution is -2.31. The minimum absolute atomic E-state index is 0.100. The molecule has 0 N–H and O–H groups in total. The van der Waals surface area contributed by atoms with Gasteiger partial charge in [0.2, 0.25) is 0 Å². The molecule has 5 nitrogen and oxygen atoms in total. The smallest absolute Gasteiger partial charge is 0.144 e. The van der Waals surface area contributed by atoms with Crippen molar-refractivity contribution in [3.8, 4) is 35.2 Å². The zero-order chi connectivity index (χ0) is 40.0. The predicted octanol–water partition coefficient (Wildman–Crippen LogP) is 12.2. The number of benzene rings is 1. The first-order valence-electron chi connectivity index (χ1n) is 19.8. The van der Waals surface area contributed by atoms with Gasteiger partial charge in [-0.3, -0.25) is 9.97 Å². The summed E-state index contributed by atoms with van der Waals surface area (Å²) in [6, 6.07) is 20.4. The van der Waals surface area contributed by atoms with Gasteiger partial charge in [0.25, 0.3) is 0 Å².